The van der Waals surface area contributed by atoms with Crippen molar-refractivity contribution in [1.82, 2.24) is 0 Å². The van der Waals surface area contributed by atoms with E-state index in [0.29, 0.717) is 35.1 Å². The van der Waals surface area contributed by atoms with E-state index in [0.717, 1.165) is 5.56 Å². The molecule has 10 heteroatoms. The summed E-state index contributed by atoms with van der Waals surface area (Å²) in [5.41, 5.74) is 2.02. The fourth-order valence-electron chi connectivity index (χ4n) is 3.35. The molecule has 2 amide bonds. The van der Waals surface area contributed by atoms with E-state index in [1.165, 1.54) is 28.8 Å². The van der Waals surface area contributed by atoms with E-state index in [9.17, 15) is 18.0 Å². The number of nitrogens with one attached hydrogen (secondary N) is 2. The Morgan fingerprint density at radius 1 is 1.03 bits per heavy atom. The van der Waals surface area contributed by atoms with Gasteiger partial charge in [0.1, 0.15) is 0 Å². The zero-order valence-electron chi connectivity index (χ0n) is 17.3. The van der Waals surface area contributed by atoms with Gasteiger partial charge in [-0.2, -0.15) is 0 Å². The van der Waals surface area contributed by atoms with Crippen LogP contribution in [0.1, 0.15) is 22.5 Å². The molecular weight excluding hydrogens is 466 g/mol. The number of hydrogen-bond donors (Lipinski definition) is 2. The molecule has 2 N–H and O–H groups in total. The minimum atomic E-state index is -3.24. The number of benzene rings is 2. The zero-order chi connectivity index (χ0) is 23.4. The minimum absolute atomic E-state index is 0.123. The highest BCUT2D eigenvalue weighted by Gasteiger charge is 2.28. The average molecular weight is 486 g/mol. The summed E-state index contributed by atoms with van der Waals surface area (Å²) in [6.45, 7) is 0.472. The van der Waals surface area contributed by atoms with E-state index >= 15 is 0 Å². The third-order valence-electron chi connectivity index (χ3n) is 4.94. The van der Waals surface area contributed by atoms with E-state index in [-0.39, 0.29) is 11.5 Å². The van der Waals surface area contributed by atoms with Crippen LogP contribution in [0.2, 0.25) is 5.02 Å². The van der Waals surface area contributed by atoms with Crippen LogP contribution in [-0.2, 0) is 14.8 Å². The highest BCUT2D eigenvalue weighted by Crippen LogP contribution is 2.27. The molecule has 170 valence electrons. The molecule has 4 rings (SSSR count). The minimum Gasteiger partial charge on any atom is -0.459 e. The summed E-state index contributed by atoms with van der Waals surface area (Å²) in [6.07, 6.45) is 4.94. The normalized spacial score (nSPS) is 15.0. The maximum absolute atomic E-state index is 12.4. The standard InChI is InChI=1S/C23H20ClN3O5S/c24-17-7-10-19(20(15-17)26-23(29)21-3-1-13-32-21)25-22(28)11-6-16-4-8-18(9-5-16)27-12-2-14-33(27,30)31/h1,3-11,13,15H,2,12,14H2,(H,25,28)(H,26,29). The fourth-order valence-corrected chi connectivity index (χ4v) is 5.08. The summed E-state index contributed by atoms with van der Waals surface area (Å²) < 4.78 is 30.5. The van der Waals surface area contributed by atoms with Gasteiger partial charge in [0, 0.05) is 17.6 Å². The lowest BCUT2D eigenvalue weighted by Gasteiger charge is -2.16. The van der Waals surface area contributed by atoms with Crippen molar-refractivity contribution in [3.63, 3.8) is 0 Å². The molecular formula is C23H20ClN3O5S. The van der Waals surface area contributed by atoms with Gasteiger partial charge in [0.25, 0.3) is 5.91 Å². The van der Waals surface area contributed by atoms with Crippen molar-refractivity contribution in [3.05, 3.63) is 83.3 Å². The highest BCUT2D eigenvalue weighted by atomic mass is 35.5. The van der Waals surface area contributed by atoms with Crippen molar-refractivity contribution in [1.29, 1.82) is 0 Å². The van der Waals surface area contributed by atoms with Gasteiger partial charge in [-0.15, -0.1) is 0 Å². The molecule has 0 atom stereocenters. The smallest absolute Gasteiger partial charge is 0.291 e. The average Bonchev–Trinajstić information content (AvgIpc) is 3.44. The van der Waals surface area contributed by atoms with Crippen molar-refractivity contribution in [2.45, 2.75) is 6.42 Å². The Kier molecular flexibility index (Phi) is 6.52. The Balaban J connectivity index is 1.43. The predicted molar refractivity (Wildman–Crippen MR) is 128 cm³/mol. The number of anilines is 3. The van der Waals surface area contributed by atoms with Crippen molar-refractivity contribution >= 4 is 56.6 Å². The summed E-state index contributed by atoms with van der Waals surface area (Å²) in [4.78, 5) is 24.7. The predicted octanol–water partition coefficient (Wildman–Crippen LogP) is 4.38. The number of furan rings is 1. The number of amides is 2. The first-order valence-corrected chi connectivity index (χ1v) is 12.0. The van der Waals surface area contributed by atoms with Crippen LogP contribution in [0, 0.1) is 0 Å². The molecule has 33 heavy (non-hydrogen) atoms. The van der Waals surface area contributed by atoms with Crippen LogP contribution in [0.5, 0.6) is 0 Å². The van der Waals surface area contributed by atoms with Gasteiger partial charge >= 0.3 is 0 Å². The summed E-state index contributed by atoms with van der Waals surface area (Å²) in [7, 11) is -3.24. The van der Waals surface area contributed by atoms with Gasteiger partial charge in [-0.3, -0.25) is 13.9 Å². The lowest BCUT2D eigenvalue weighted by atomic mass is 10.2. The monoisotopic (exact) mass is 485 g/mol. The Morgan fingerprint density at radius 3 is 2.48 bits per heavy atom. The summed E-state index contributed by atoms with van der Waals surface area (Å²) in [5.74, 6) is -0.619. The number of carbonyl (C=O) groups excluding carboxylic acids is 2. The molecule has 0 bridgehead atoms. The van der Waals surface area contributed by atoms with E-state index in [1.807, 2.05) is 0 Å². The van der Waals surface area contributed by atoms with Crippen molar-refractivity contribution in [2.24, 2.45) is 0 Å². The van der Waals surface area contributed by atoms with Crippen LogP contribution in [0.25, 0.3) is 6.08 Å². The van der Waals surface area contributed by atoms with Gasteiger partial charge in [0.15, 0.2) is 5.76 Å². The third kappa shape index (κ3) is 5.44. The summed E-state index contributed by atoms with van der Waals surface area (Å²) >= 11 is 6.04. The van der Waals surface area contributed by atoms with Gasteiger partial charge in [0.05, 0.1) is 29.1 Å². The Labute approximate surface area is 195 Å². The number of halogens is 1. The topological polar surface area (TPSA) is 109 Å². The Hall–Kier alpha value is -3.56. The molecule has 0 unspecified atom stereocenters. The second-order valence-corrected chi connectivity index (χ2v) is 9.73. The lowest BCUT2D eigenvalue weighted by Crippen LogP contribution is -2.24. The molecule has 0 aliphatic carbocycles. The first-order chi connectivity index (χ1) is 15.8. The van der Waals surface area contributed by atoms with Crippen LogP contribution in [0.15, 0.2) is 71.4 Å². The van der Waals surface area contributed by atoms with Crippen LogP contribution < -0.4 is 14.9 Å². The number of rotatable bonds is 6. The molecule has 0 spiro atoms. The number of hydrogen-bond acceptors (Lipinski definition) is 5. The second-order valence-electron chi connectivity index (χ2n) is 7.28. The molecule has 2 aromatic carbocycles. The van der Waals surface area contributed by atoms with E-state index in [2.05, 4.69) is 10.6 Å². The summed E-state index contributed by atoms with van der Waals surface area (Å²) in [5, 5.41) is 5.76. The van der Waals surface area contributed by atoms with Gasteiger partial charge in [-0.1, -0.05) is 23.7 Å². The van der Waals surface area contributed by atoms with Gasteiger partial charge in [-0.05, 0) is 60.5 Å². The van der Waals surface area contributed by atoms with Crippen LogP contribution in [-0.4, -0.2) is 32.5 Å². The maximum atomic E-state index is 12.4. The quantitative estimate of drug-likeness (QED) is 0.504. The second kappa shape index (κ2) is 9.51. The molecule has 0 saturated carbocycles. The van der Waals surface area contributed by atoms with Crippen molar-refractivity contribution < 1.29 is 22.4 Å². The van der Waals surface area contributed by atoms with Gasteiger partial charge in [-0.25, -0.2) is 8.42 Å². The number of nitrogens with zero attached hydrogens (tertiary/aromatic N) is 1. The van der Waals surface area contributed by atoms with Crippen LogP contribution >= 0.6 is 11.6 Å². The first-order valence-electron chi connectivity index (χ1n) is 10.1. The molecule has 2 heterocycles. The molecule has 1 aliphatic heterocycles. The van der Waals surface area contributed by atoms with E-state index in [1.54, 1.807) is 48.5 Å². The molecule has 1 fully saturated rings. The zero-order valence-corrected chi connectivity index (χ0v) is 18.9. The molecule has 1 aliphatic rings. The van der Waals surface area contributed by atoms with Crippen molar-refractivity contribution in [2.75, 3.05) is 27.2 Å². The molecule has 1 aromatic heterocycles. The molecule has 1 saturated heterocycles. The Morgan fingerprint density at radius 2 is 1.82 bits per heavy atom. The van der Waals surface area contributed by atoms with Crippen molar-refractivity contribution in [3.8, 4) is 0 Å². The van der Waals surface area contributed by atoms with Gasteiger partial charge in [0.2, 0.25) is 15.9 Å². The molecule has 3 aromatic rings. The number of sulfonamides is 1. The van der Waals surface area contributed by atoms with Crippen LogP contribution in [0.4, 0.5) is 17.1 Å². The lowest BCUT2D eigenvalue weighted by molar-refractivity contribution is -0.111. The van der Waals surface area contributed by atoms with Crippen LogP contribution in [0.3, 0.4) is 0 Å². The third-order valence-corrected chi connectivity index (χ3v) is 7.04. The van der Waals surface area contributed by atoms with E-state index in [4.69, 9.17) is 16.0 Å². The highest BCUT2D eigenvalue weighted by molar-refractivity contribution is 7.93. The maximum Gasteiger partial charge on any atom is 0.291 e. The molecule has 0 radical (unpaired) electrons. The SMILES string of the molecule is O=C(C=Cc1ccc(N2CCCS2(=O)=O)cc1)Nc1ccc(Cl)cc1NC(=O)c1ccco1. The number of carbonyl (C=O) groups is 2. The largest absolute Gasteiger partial charge is 0.459 e. The summed E-state index contributed by atoms with van der Waals surface area (Å²) in [6, 6.07) is 14.7. The van der Waals surface area contributed by atoms with Gasteiger partial charge < -0.3 is 15.1 Å². The first kappa shape index (κ1) is 22.6. The Bertz CT molecular complexity index is 1300. The molecule has 8 nitrogen and oxygen atoms in total. The van der Waals surface area contributed by atoms with E-state index < -0.39 is 21.8 Å². The fraction of sp³-hybridized carbons (Fsp3) is 0.130.